The van der Waals surface area contributed by atoms with Gasteiger partial charge in [0.05, 0.1) is 18.7 Å². The van der Waals surface area contributed by atoms with Gasteiger partial charge in [0.25, 0.3) is 11.7 Å². The SMILES string of the molecule is CCN(CC)CCN1C(=O)C(=O)C(=C(O)c2c(C)[nH]c(C(=O)OC)c2C)[C@@H]1c1ccccc1. The summed E-state index contributed by atoms with van der Waals surface area (Å²) in [5, 5.41) is 11.4. The van der Waals surface area contributed by atoms with Crippen LogP contribution in [0.4, 0.5) is 0 Å². The first-order valence-corrected chi connectivity index (χ1v) is 11.1. The van der Waals surface area contributed by atoms with Gasteiger partial charge in [-0.3, -0.25) is 9.59 Å². The van der Waals surface area contributed by atoms with E-state index in [1.54, 1.807) is 13.8 Å². The molecule has 1 aromatic heterocycles. The van der Waals surface area contributed by atoms with Gasteiger partial charge in [-0.15, -0.1) is 0 Å². The van der Waals surface area contributed by atoms with E-state index in [9.17, 15) is 19.5 Å². The zero-order valence-electron chi connectivity index (χ0n) is 19.8. The molecule has 0 bridgehead atoms. The molecule has 2 N–H and O–H groups in total. The molecular formula is C25H31N3O5. The van der Waals surface area contributed by atoms with E-state index in [1.807, 2.05) is 44.2 Å². The predicted molar refractivity (Wildman–Crippen MR) is 125 cm³/mol. The van der Waals surface area contributed by atoms with E-state index in [0.29, 0.717) is 29.9 Å². The summed E-state index contributed by atoms with van der Waals surface area (Å²) in [5.74, 6) is -2.25. The van der Waals surface area contributed by atoms with Crippen molar-refractivity contribution in [3.05, 3.63) is 64.0 Å². The maximum absolute atomic E-state index is 13.2. The Bertz CT molecular complexity index is 1080. The smallest absolute Gasteiger partial charge is 0.354 e. The van der Waals surface area contributed by atoms with Crippen molar-refractivity contribution in [3.63, 3.8) is 0 Å². The summed E-state index contributed by atoms with van der Waals surface area (Å²) in [4.78, 5) is 45.0. The highest BCUT2D eigenvalue weighted by atomic mass is 16.5. The summed E-state index contributed by atoms with van der Waals surface area (Å²) in [5.41, 5.74) is 2.25. The minimum atomic E-state index is -0.736. The lowest BCUT2D eigenvalue weighted by Gasteiger charge is -2.28. The zero-order chi connectivity index (χ0) is 24.3. The standard InChI is InChI=1S/C25H31N3O5/c1-6-27(7-2)13-14-28-21(17-11-9-8-10-12-17)19(23(30)24(28)31)22(29)18-15(3)20(25(32)33-5)26-16(18)4/h8-12,21,26,29H,6-7,13-14H2,1-5H3/t21-/m0/s1. The fourth-order valence-corrected chi connectivity index (χ4v) is 4.43. The largest absolute Gasteiger partial charge is 0.507 e. The van der Waals surface area contributed by atoms with E-state index in [-0.39, 0.29) is 17.0 Å². The monoisotopic (exact) mass is 453 g/mol. The summed E-state index contributed by atoms with van der Waals surface area (Å²) in [7, 11) is 1.27. The van der Waals surface area contributed by atoms with Gasteiger partial charge in [0, 0.05) is 24.3 Å². The summed E-state index contributed by atoms with van der Waals surface area (Å²) >= 11 is 0. The van der Waals surface area contributed by atoms with Crippen molar-refractivity contribution in [2.24, 2.45) is 0 Å². The van der Waals surface area contributed by atoms with Crippen molar-refractivity contribution in [1.29, 1.82) is 0 Å². The van der Waals surface area contributed by atoms with E-state index < -0.39 is 23.7 Å². The number of aliphatic hydroxyl groups is 1. The zero-order valence-corrected chi connectivity index (χ0v) is 19.8. The van der Waals surface area contributed by atoms with E-state index in [2.05, 4.69) is 9.88 Å². The van der Waals surface area contributed by atoms with Crippen molar-refractivity contribution in [1.82, 2.24) is 14.8 Å². The number of methoxy groups -OCH3 is 1. The summed E-state index contributed by atoms with van der Waals surface area (Å²) in [6, 6.07) is 8.48. The van der Waals surface area contributed by atoms with Gasteiger partial charge in [0.2, 0.25) is 0 Å². The molecule has 0 aliphatic carbocycles. The Kier molecular flexibility index (Phi) is 7.38. The summed E-state index contributed by atoms with van der Waals surface area (Å²) in [6.45, 7) is 10.1. The molecule has 1 amide bonds. The number of aromatic nitrogens is 1. The van der Waals surface area contributed by atoms with Gasteiger partial charge in [0.15, 0.2) is 0 Å². The lowest BCUT2D eigenvalue weighted by Crippen LogP contribution is -2.38. The molecule has 0 unspecified atom stereocenters. The number of benzene rings is 1. The lowest BCUT2D eigenvalue weighted by molar-refractivity contribution is -0.140. The highest BCUT2D eigenvalue weighted by Crippen LogP contribution is 2.40. The first kappa shape index (κ1) is 24.3. The Morgan fingerprint density at radius 3 is 2.36 bits per heavy atom. The molecule has 0 radical (unpaired) electrons. The number of ether oxygens (including phenoxy) is 1. The minimum absolute atomic E-state index is 0.0207. The van der Waals surface area contributed by atoms with Crippen LogP contribution in [0, 0.1) is 13.8 Å². The molecule has 176 valence electrons. The third kappa shape index (κ3) is 4.43. The number of nitrogens with one attached hydrogen (secondary N) is 1. The van der Waals surface area contributed by atoms with Gasteiger partial charge in [-0.05, 0) is 38.1 Å². The van der Waals surface area contributed by atoms with Crippen LogP contribution in [0.25, 0.3) is 5.76 Å². The van der Waals surface area contributed by atoms with Crippen LogP contribution in [-0.4, -0.2) is 70.8 Å². The maximum Gasteiger partial charge on any atom is 0.354 e. The number of hydrogen-bond acceptors (Lipinski definition) is 6. The number of H-pyrrole nitrogens is 1. The first-order chi connectivity index (χ1) is 15.8. The van der Waals surface area contributed by atoms with Crippen molar-refractivity contribution in [2.45, 2.75) is 33.7 Å². The van der Waals surface area contributed by atoms with Crippen LogP contribution in [-0.2, 0) is 14.3 Å². The number of amides is 1. The van der Waals surface area contributed by atoms with Crippen molar-refractivity contribution in [3.8, 4) is 0 Å². The van der Waals surface area contributed by atoms with E-state index in [0.717, 1.165) is 18.7 Å². The Morgan fingerprint density at radius 1 is 1.15 bits per heavy atom. The number of Topliss-reactive ketones (excluding diaryl/α,β-unsaturated/α-hetero) is 1. The molecule has 1 aliphatic heterocycles. The fourth-order valence-electron chi connectivity index (χ4n) is 4.43. The maximum atomic E-state index is 13.2. The number of hydrogen-bond donors (Lipinski definition) is 2. The number of ketones is 1. The highest BCUT2D eigenvalue weighted by Gasteiger charge is 2.46. The number of carbonyl (C=O) groups excluding carboxylic acids is 3. The Morgan fingerprint density at radius 2 is 1.79 bits per heavy atom. The summed E-state index contributed by atoms with van der Waals surface area (Å²) in [6.07, 6.45) is 0. The molecular weight excluding hydrogens is 422 g/mol. The molecule has 2 aromatic rings. The number of carbonyl (C=O) groups is 3. The normalized spacial score (nSPS) is 17.8. The number of rotatable bonds is 8. The van der Waals surface area contributed by atoms with Crippen molar-refractivity contribution < 1.29 is 24.2 Å². The summed E-state index contributed by atoms with van der Waals surface area (Å²) < 4.78 is 4.81. The molecule has 1 aliphatic rings. The quantitative estimate of drug-likeness (QED) is 0.275. The Labute approximate surface area is 193 Å². The molecule has 8 heteroatoms. The second kappa shape index (κ2) is 10.0. The second-order valence-corrected chi connectivity index (χ2v) is 8.05. The molecule has 1 fully saturated rings. The number of nitrogens with zero attached hydrogens (tertiary/aromatic N) is 2. The first-order valence-electron chi connectivity index (χ1n) is 11.1. The molecule has 8 nitrogen and oxygen atoms in total. The van der Waals surface area contributed by atoms with Gasteiger partial charge in [-0.2, -0.15) is 0 Å². The Balaban J connectivity index is 2.16. The van der Waals surface area contributed by atoms with Crippen LogP contribution in [0.1, 0.15) is 52.8 Å². The van der Waals surface area contributed by atoms with Crippen LogP contribution >= 0.6 is 0 Å². The average molecular weight is 454 g/mol. The fraction of sp³-hybridized carbons (Fsp3) is 0.400. The van der Waals surface area contributed by atoms with Crippen LogP contribution in [0.15, 0.2) is 35.9 Å². The van der Waals surface area contributed by atoms with E-state index in [4.69, 9.17) is 4.74 Å². The minimum Gasteiger partial charge on any atom is -0.507 e. The number of aliphatic hydroxyl groups excluding tert-OH is 1. The van der Waals surface area contributed by atoms with E-state index in [1.165, 1.54) is 12.0 Å². The van der Waals surface area contributed by atoms with Gasteiger partial charge in [-0.1, -0.05) is 44.2 Å². The second-order valence-electron chi connectivity index (χ2n) is 8.05. The third-order valence-electron chi connectivity index (χ3n) is 6.27. The molecule has 0 saturated carbocycles. The number of likely N-dealkylation sites (N-methyl/N-ethyl adjacent to an activating group) is 1. The topological polar surface area (TPSA) is 103 Å². The molecule has 1 atom stereocenters. The Hall–Kier alpha value is -3.39. The molecule has 2 heterocycles. The van der Waals surface area contributed by atoms with Crippen LogP contribution in [0.5, 0.6) is 0 Å². The molecule has 1 aromatic carbocycles. The van der Waals surface area contributed by atoms with Crippen LogP contribution in [0.3, 0.4) is 0 Å². The van der Waals surface area contributed by atoms with Gasteiger partial charge < -0.3 is 24.6 Å². The molecule has 33 heavy (non-hydrogen) atoms. The van der Waals surface area contributed by atoms with Crippen LogP contribution in [0.2, 0.25) is 0 Å². The molecule has 3 rings (SSSR count). The average Bonchev–Trinajstić information content (AvgIpc) is 3.26. The van der Waals surface area contributed by atoms with Gasteiger partial charge in [0.1, 0.15) is 11.5 Å². The predicted octanol–water partition coefficient (Wildman–Crippen LogP) is 3.18. The number of aromatic amines is 1. The number of esters is 1. The van der Waals surface area contributed by atoms with Crippen molar-refractivity contribution >= 4 is 23.4 Å². The van der Waals surface area contributed by atoms with Gasteiger partial charge in [-0.25, -0.2) is 4.79 Å². The molecule has 0 spiro atoms. The number of aryl methyl sites for hydroxylation is 1. The van der Waals surface area contributed by atoms with E-state index >= 15 is 0 Å². The van der Waals surface area contributed by atoms with Crippen LogP contribution < -0.4 is 0 Å². The third-order valence-corrected chi connectivity index (χ3v) is 6.27. The number of likely N-dealkylation sites (tertiary alicyclic amines) is 1. The molecule has 1 saturated heterocycles. The van der Waals surface area contributed by atoms with Crippen molar-refractivity contribution in [2.75, 3.05) is 33.3 Å². The van der Waals surface area contributed by atoms with Gasteiger partial charge >= 0.3 is 5.97 Å². The highest BCUT2D eigenvalue weighted by molar-refractivity contribution is 6.46. The lowest BCUT2D eigenvalue weighted by atomic mass is 9.94.